The molecule has 0 N–H and O–H groups in total. The van der Waals surface area contributed by atoms with Crippen LogP contribution in [-0.4, -0.2) is 23.8 Å². The lowest BCUT2D eigenvalue weighted by Crippen LogP contribution is -2.00. The van der Waals surface area contributed by atoms with Gasteiger partial charge in [-0.3, -0.25) is 0 Å². The third-order valence-corrected chi connectivity index (χ3v) is 3.06. The van der Waals surface area contributed by atoms with E-state index in [2.05, 4.69) is 11.5 Å². The minimum atomic E-state index is -0.302. The van der Waals surface area contributed by atoms with Gasteiger partial charge < -0.3 is 14.0 Å². The highest BCUT2D eigenvalue weighted by Gasteiger charge is 2.02. The van der Waals surface area contributed by atoms with Crippen LogP contribution in [0.3, 0.4) is 0 Å². The number of allylic oxidation sites excluding steroid dienone is 1. The minimum absolute atomic E-state index is 0.302. The molecule has 112 valence electrons. The van der Waals surface area contributed by atoms with Gasteiger partial charge in [-0.15, -0.1) is 0 Å². The molecule has 0 aliphatic rings. The number of nitrogens with zero attached hydrogens (tertiary/aromatic N) is 1. The van der Waals surface area contributed by atoms with Crippen molar-refractivity contribution in [2.75, 3.05) is 13.2 Å². The highest BCUT2D eigenvalue weighted by molar-refractivity contribution is 5.83. The topological polar surface area (TPSA) is 40.5 Å². The highest BCUT2D eigenvalue weighted by Crippen LogP contribution is 2.22. The van der Waals surface area contributed by atoms with Gasteiger partial charge in [0.05, 0.1) is 13.2 Å². The molecule has 2 rings (SSSR count). The fourth-order valence-electron chi connectivity index (χ4n) is 2.10. The number of hydrogen-bond donors (Lipinski definition) is 0. The van der Waals surface area contributed by atoms with Crippen LogP contribution in [0.1, 0.15) is 20.3 Å². The summed E-state index contributed by atoms with van der Waals surface area (Å²) in [5, 5.41) is 1.13. The predicted molar refractivity (Wildman–Crippen MR) is 83.5 cm³/mol. The fraction of sp³-hybridized carbons (Fsp3) is 0.353. The molecular formula is C17H21NO3. The maximum absolute atomic E-state index is 11.2. The Morgan fingerprint density at radius 2 is 2.14 bits per heavy atom. The maximum atomic E-state index is 11.2. The zero-order valence-electron chi connectivity index (χ0n) is 12.5. The second-order valence-corrected chi connectivity index (χ2v) is 4.69. The largest absolute Gasteiger partial charge is 0.494 e. The second-order valence-electron chi connectivity index (χ2n) is 4.69. The molecule has 1 aromatic heterocycles. The number of ether oxygens (including phenoxy) is 2. The van der Waals surface area contributed by atoms with Crippen LogP contribution < -0.4 is 4.74 Å². The fourth-order valence-corrected chi connectivity index (χ4v) is 2.10. The van der Waals surface area contributed by atoms with Crippen molar-refractivity contribution < 1.29 is 14.3 Å². The molecule has 0 aliphatic carbocycles. The average Bonchev–Trinajstić information content (AvgIpc) is 2.88. The van der Waals surface area contributed by atoms with Gasteiger partial charge in [-0.05, 0) is 37.6 Å². The van der Waals surface area contributed by atoms with E-state index in [4.69, 9.17) is 9.47 Å². The van der Waals surface area contributed by atoms with Crippen LogP contribution in [0.15, 0.2) is 42.6 Å². The summed E-state index contributed by atoms with van der Waals surface area (Å²) < 4.78 is 12.6. The van der Waals surface area contributed by atoms with E-state index in [1.165, 1.54) is 6.08 Å². The van der Waals surface area contributed by atoms with Crippen molar-refractivity contribution in [2.45, 2.75) is 26.8 Å². The van der Waals surface area contributed by atoms with Crippen molar-refractivity contribution >= 4 is 16.9 Å². The summed E-state index contributed by atoms with van der Waals surface area (Å²) in [5.41, 5.74) is 1.12. The molecule has 0 radical (unpaired) electrons. The standard InChI is InChI=1S/C17H21NO3/c1-3-12-21-15-7-8-16-14(13-15)9-11-18(16)10-5-6-17(19)20-4-2/h5-9,11,13H,3-4,10,12H2,1-2H3/b6-5+. The molecule has 4 heteroatoms. The van der Waals surface area contributed by atoms with E-state index in [1.807, 2.05) is 30.5 Å². The minimum Gasteiger partial charge on any atom is -0.494 e. The van der Waals surface area contributed by atoms with E-state index in [0.29, 0.717) is 13.2 Å². The summed E-state index contributed by atoms with van der Waals surface area (Å²) >= 11 is 0. The molecule has 0 bridgehead atoms. The van der Waals surface area contributed by atoms with Gasteiger partial charge in [0.1, 0.15) is 5.75 Å². The van der Waals surface area contributed by atoms with Crippen molar-refractivity contribution in [3.63, 3.8) is 0 Å². The van der Waals surface area contributed by atoms with Crippen LogP contribution in [0.25, 0.3) is 10.9 Å². The lowest BCUT2D eigenvalue weighted by molar-refractivity contribution is -0.137. The predicted octanol–water partition coefficient (Wildman–Crippen LogP) is 3.55. The molecule has 0 saturated heterocycles. The summed E-state index contributed by atoms with van der Waals surface area (Å²) in [7, 11) is 0. The lowest BCUT2D eigenvalue weighted by Gasteiger charge is -2.05. The van der Waals surface area contributed by atoms with Gasteiger partial charge in [-0.25, -0.2) is 4.79 Å². The first-order chi connectivity index (χ1) is 10.2. The van der Waals surface area contributed by atoms with Crippen molar-refractivity contribution in [3.05, 3.63) is 42.6 Å². The summed E-state index contributed by atoms with van der Waals surface area (Å²) in [4.78, 5) is 11.2. The molecule has 0 amide bonds. The third kappa shape index (κ3) is 4.12. The first-order valence-electron chi connectivity index (χ1n) is 7.29. The number of fused-ring (bicyclic) bond motifs is 1. The Hall–Kier alpha value is -2.23. The number of carbonyl (C=O) groups excluding carboxylic acids is 1. The van der Waals surface area contributed by atoms with Gasteiger partial charge in [-0.1, -0.05) is 13.0 Å². The molecular weight excluding hydrogens is 266 g/mol. The Morgan fingerprint density at radius 1 is 1.29 bits per heavy atom. The molecule has 0 atom stereocenters. The summed E-state index contributed by atoms with van der Waals surface area (Å²) in [6, 6.07) is 8.10. The van der Waals surface area contributed by atoms with Crippen LogP contribution in [0.5, 0.6) is 5.75 Å². The van der Waals surface area contributed by atoms with E-state index >= 15 is 0 Å². The Kier molecular flexibility index (Phi) is 5.43. The molecule has 1 aromatic carbocycles. The molecule has 0 aliphatic heterocycles. The molecule has 2 aromatic rings. The Labute approximate surface area is 125 Å². The molecule has 0 unspecified atom stereocenters. The lowest BCUT2D eigenvalue weighted by atomic mass is 10.2. The van der Waals surface area contributed by atoms with E-state index < -0.39 is 0 Å². The van der Waals surface area contributed by atoms with Gasteiger partial charge in [-0.2, -0.15) is 0 Å². The van der Waals surface area contributed by atoms with Crippen molar-refractivity contribution in [1.82, 2.24) is 4.57 Å². The molecule has 1 heterocycles. The van der Waals surface area contributed by atoms with Gasteiger partial charge in [0, 0.05) is 29.7 Å². The van der Waals surface area contributed by atoms with E-state index in [0.717, 1.165) is 29.7 Å². The Balaban J connectivity index is 2.06. The number of aromatic nitrogens is 1. The second kappa shape index (κ2) is 7.53. The number of carbonyl (C=O) groups is 1. The van der Waals surface area contributed by atoms with Crippen LogP contribution in [0.2, 0.25) is 0 Å². The van der Waals surface area contributed by atoms with E-state index in [1.54, 1.807) is 13.0 Å². The average molecular weight is 287 g/mol. The van der Waals surface area contributed by atoms with Crippen molar-refractivity contribution in [2.24, 2.45) is 0 Å². The zero-order chi connectivity index (χ0) is 15.1. The number of rotatable bonds is 7. The first-order valence-corrected chi connectivity index (χ1v) is 7.29. The number of esters is 1. The van der Waals surface area contributed by atoms with Crippen LogP contribution in [0, 0.1) is 0 Å². The van der Waals surface area contributed by atoms with Crippen LogP contribution in [0.4, 0.5) is 0 Å². The first kappa shape index (κ1) is 15.2. The van der Waals surface area contributed by atoms with Crippen LogP contribution in [-0.2, 0) is 16.1 Å². The Morgan fingerprint density at radius 3 is 2.90 bits per heavy atom. The third-order valence-electron chi connectivity index (χ3n) is 3.06. The smallest absolute Gasteiger partial charge is 0.330 e. The van der Waals surface area contributed by atoms with Crippen LogP contribution >= 0.6 is 0 Å². The number of benzene rings is 1. The van der Waals surface area contributed by atoms with E-state index in [-0.39, 0.29) is 5.97 Å². The SMILES string of the molecule is CCCOc1ccc2c(ccn2C/C=C/C(=O)OCC)c1. The van der Waals surface area contributed by atoms with Crippen molar-refractivity contribution in [1.29, 1.82) is 0 Å². The Bertz CT molecular complexity index is 628. The molecule has 4 nitrogen and oxygen atoms in total. The monoisotopic (exact) mass is 287 g/mol. The molecule has 0 saturated carbocycles. The quantitative estimate of drug-likeness (QED) is 0.577. The normalized spacial score (nSPS) is 11.1. The molecule has 0 fully saturated rings. The summed E-state index contributed by atoms with van der Waals surface area (Å²) in [6.07, 6.45) is 6.27. The molecule has 0 spiro atoms. The van der Waals surface area contributed by atoms with Crippen molar-refractivity contribution in [3.8, 4) is 5.75 Å². The number of hydrogen-bond acceptors (Lipinski definition) is 3. The summed E-state index contributed by atoms with van der Waals surface area (Å²) in [5.74, 6) is 0.591. The summed E-state index contributed by atoms with van der Waals surface area (Å²) in [6.45, 7) is 5.65. The van der Waals surface area contributed by atoms with E-state index in [9.17, 15) is 4.79 Å². The van der Waals surface area contributed by atoms with Gasteiger partial charge in [0.25, 0.3) is 0 Å². The zero-order valence-corrected chi connectivity index (χ0v) is 12.5. The molecule has 21 heavy (non-hydrogen) atoms. The van der Waals surface area contributed by atoms with Gasteiger partial charge in [0.15, 0.2) is 0 Å². The maximum Gasteiger partial charge on any atom is 0.330 e. The highest BCUT2D eigenvalue weighted by atomic mass is 16.5. The van der Waals surface area contributed by atoms with Gasteiger partial charge >= 0.3 is 5.97 Å². The van der Waals surface area contributed by atoms with Gasteiger partial charge in [0.2, 0.25) is 0 Å².